The van der Waals surface area contributed by atoms with Crippen LogP contribution < -0.4 is 14.8 Å². The minimum Gasteiger partial charge on any atom is -0.497 e. The first kappa shape index (κ1) is 21.9. The summed E-state index contributed by atoms with van der Waals surface area (Å²) in [6.45, 7) is 0. The van der Waals surface area contributed by atoms with E-state index in [2.05, 4.69) is 15.9 Å². The second-order valence-corrected chi connectivity index (χ2v) is 8.94. The lowest BCUT2D eigenvalue weighted by Gasteiger charge is -2.22. The highest BCUT2D eigenvalue weighted by molar-refractivity contribution is 9.10. The third-order valence-electron chi connectivity index (χ3n) is 4.00. The molecule has 0 radical (unpaired) electrons. The topological polar surface area (TPSA) is 103 Å². The minimum absolute atomic E-state index is 0.0795. The zero-order valence-electron chi connectivity index (χ0n) is 15.6. The summed E-state index contributed by atoms with van der Waals surface area (Å²) in [6, 6.07) is 13.1. The van der Waals surface area contributed by atoms with Crippen LogP contribution in [0.3, 0.4) is 0 Å². The summed E-state index contributed by atoms with van der Waals surface area (Å²) >= 11 is 9.07. The molecule has 1 heterocycles. The third kappa shape index (κ3) is 4.69. The smallest absolute Gasteiger partial charge is 0.271 e. The fraction of sp³-hybridized carbons (Fsp3) is 0.0500. The van der Waals surface area contributed by atoms with Crippen LogP contribution in [0.1, 0.15) is 5.76 Å². The molecule has 10 heteroatoms. The number of amides is 1. The van der Waals surface area contributed by atoms with Gasteiger partial charge in [-0.3, -0.25) is 4.79 Å². The summed E-state index contributed by atoms with van der Waals surface area (Å²) in [5.41, 5.74) is 5.96. The average molecular weight is 512 g/mol. The Morgan fingerprint density at radius 2 is 1.87 bits per heavy atom. The highest BCUT2D eigenvalue weighted by atomic mass is 79.9. The van der Waals surface area contributed by atoms with Crippen LogP contribution in [0, 0.1) is 0 Å². The van der Waals surface area contributed by atoms with Crippen molar-refractivity contribution in [2.24, 2.45) is 0 Å². The number of rotatable bonds is 6. The van der Waals surface area contributed by atoms with E-state index in [4.69, 9.17) is 26.5 Å². The molecule has 0 spiro atoms. The number of methoxy groups -OCH3 is 1. The molecule has 1 aromatic heterocycles. The average Bonchev–Trinajstić information content (AvgIpc) is 3.14. The van der Waals surface area contributed by atoms with E-state index < -0.39 is 15.9 Å². The molecule has 2 aromatic carbocycles. The van der Waals surface area contributed by atoms with E-state index in [-0.39, 0.29) is 21.3 Å². The molecule has 30 heavy (non-hydrogen) atoms. The number of sulfonamides is 1. The van der Waals surface area contributed by atoms with Crippen molar-refractivity contribution in [3.05, 3.63) is 76.1 Å². The van der Waals surface area contributed by atoms with Crippen LogP contribution in [-0.4, -0.2) is 21.4 Å². The molecule has 0 unspecified atom stereocenters. The quantitative estimate of drug-likeness (QED) is 0.379. The minimum atomic E-state index is -4.30. The second kappa shape index (κ2) is 8.95. The number of anilines is 2. The molecule has 0 bridgehead atoms. The third-order valence-corrected chi connectivity index (χ3v) is 6.49. The zero-order chi connectivity index (χ0) is 21.9. The Morgan fingerprint density at radius 3 is 2.43 bits per heavy atom. The maximum Gasteiger partial charge on any atom is 0.271 e. The van der Waals surface area contributed by atoms with Gasteiger partial charge in [-0.2, -0.15) is 4.31 Å². The monoisotopic (exact) mass is 510 g/mol. The first-order valence-corrected chi connectivity index (χ1v) is 11.1. The van der Waals surface area contributed by atoms with Crippen molar-refractivity contribution >= 4 is 60.9 Å². The molecule has 156 valence electrons. The van der Waals surface area contributed by atoms with E-state index in [0.717, 1.165) is 6.08 Å². The highest BCUT2D eigenvalue weighted by Gasteiger charge is 2.30. The maximum absolute atomic E-state index is 13.3. The number of benzene rings is 2. The van der Waals surface area contributed by atoms with Crippen molar-refractivity contribution in [2.45, 2.75) is 4.90 Å². The number of nitrogens with two attached hydrogens (primary N) is 1. The number of nitrogen functional groups attached to an aromatic ring is 1. The van der Waals surface area contributed by atoms with Crippen LogP contribution in [0.15, 0.2) is 74.7 Å². The largest absolute Gasteiger partial charge is 0.497 e. The van der Waals surface area contributed by atoms with Crippen LogP contribution in [0.2, 0.25) is 5.02 Å². The molecule has 0 atom stereocenters. The Kier molecular flexibility index (Phi) is 6.55. The molecule has 7 nitrogen and oxygen atoms in total. The fourth-order valence-electron chi connectivity index (χ4n) is 2.53. The Morgan fingerprint density at radius 1 is 1.17 bits per heavy atom. The van der Waals surface area contributed by atoms with Crippen molar-refractivity contribution in [2.75, 3.05) is 17.1 Å². The Labute approximate surface area is 186 Å². The Balaban J connectivity index is 2.06. The Bertz CT molecular complexity index is 1210. The van der Waals surface area contributed by atoms with Crippen molar-refractivity contribution in [3.63, 3.8) is 0 Å². The molecule has 2 N–H and O–H groups in total. The van der Waals surface area contributed by atoms with Gasteiger partial charge in [-0.1, -0.05) is 11.6 Å². The van der Waals surface area contributed by atoms with Gasteiger partial charge in [-0.25, -0.2) is 8.42 Å². The molecular formula is C20H16BrClN2O5S. The van der Waals surface area contributed by atoms with Crippen molar-refractivity contribution in [1.82, 2.24) is 0 Å². The van der Waals surface area contributed by atoms with Gasteiger partial charge in [0.1, 0.15) is 11.5 Å². The van der Waals surface area contributed by atoms with Gasteiger partial charge in [0.2, 0.25) is 0 Å². The van der Waals surface area contributed by atoms with Crippen LogP contribution >= 0.6 is 27.5 Å². The van der Waals surface area contributed by atoms with E-state index in [1.54, 1.807) is 24.3 Å². The van der Waals surface area contributed by atoms with Gasteiger partial charge in [-0.15, -0.1) is 0 Å². The van der Waals surface area contributed by atoms with Gasteiger partial charge in [0.15, 0.2) is 4.67 Å². The second-order valence-electron chi connectivity index (χ2n) is 5.96. The lowest BCUT2D eigenvalue weighted by Crippen LogP contribution is -2.35. The standard InChI is InChI=1S/C20H16BrClN2O5S/c1-28-14-4-2-13(3-5-14)24(20(25)11-7-15-6-10-19(21)29-15)30(26,27)16-8-9-17(22)18(23)12-16/h2-12H,23H2,1H3. The van der Waals surface area contributed by atoms with Crippen LogP contribution in [0.5, 0.6) is 5.75 Å². The van der Waals surface area contributed by atoms with E-state index in [1.165, 1.54) is 43.5 Å². The molecule has 3 rings (SSSR count). The zero-order valence-corrected chi connectivity index (χ0v) is 18.7. The number of carbonyl (C=O) groups excluding carboxylic acids is 1. The van der Waals surface area contributed by atoms with Gasteiger partial charge < -0.3 is 14.9 Å². The number of nitrogens with zero attached hydrogens (tertiary/aromatic N) is 1. The van der Waals surface area contributed by atoms with Gasteiger partial charge in [-0.05, 0) is 76.6 Å². The Hall–Kier alpha value is -2.75. The predicted molar refractivity (Wildman–Crippen MR) is 119 cm³/mol. The number of carbonyl (C=O) groups is 1. The summed E-state index contributed by atoms with van der Waals surface area (Å²) in [5.74, 6) is 0.0783. The van der Waals surface area contributed by atoms with E-state index in [9.17, 15) is 13.2 Å². The fourth-order valence-corrected chi connectivity index (χ4v) is 4.39. The molecule has 0 fully saturated rings. The molecule has 0 saturated carbocycles. The molecule has 0 saturated heterocycles. The molecule has 0 aliphatic carbocycles. The van der Waals surface area contributed by atoms with Gasteiger partial charge in [0.25, 0.3) is 15.9 Å². The summed E-state index contributed by atoms with van der Waals surface area (Å²) in [4.78, 5) is 12.8. The molecule has 1 amide bonds. The lowest BCUT2D eigenvalue weighted by molar-refractivity contribution is -0.113. The van der Waals surface area contributed by atoms with Crippen molar-refractivity contribution < 1.29 is 22.4 Å². The number of ether oxygens (including phenoxy) is 1. The maximum atomic E-state index is 13.3. The summed E-state index contributed by atoms with van der Waals surface area (Å²) in [5, 5.41) is 0.208. The summed E-state index contributed by atoms with van der Waals surface area (Å²) in [6.07, 6.45) is 2.47. The normalized spacial score (nSPS) is 11.6. The van der Waals surface area contributed by atoms with Crippen LogP contribution in [0.4, 0.5) is 11.4 Å². The van der Waals surface area contributed by atoms with Gasteiger partial charge in [0.05, 0.1) is 28.4 Å². The van der Waals surface area contributed by atoms with Crippen molar-refractivity contribution in [3.8, 4) is 5.75 Å². The lowest BCUT2D eigenvalue weighted by atomic mass is 10.3. The first-order chi connectivity index (χ1) is 14.2. The highest BCUT2D eigenvalue weighted by Crippen LogP contribution is 2.29. The van der Waals surface area contributed by atoms with Crippen LogP contribution in [0.25, 0.3) is 6.08 Å². The SMILES string of the molecule is COc1ccc(N(C(=O)C=Cc2ccc(Br)o2)S(=O)(=O)c2ccc(Cl)c(N)c2)cc1. The molecule has 0 aliphatic rings. The predicted octanol–water partition coefficient (Wildman–Crippen LogP) is 4.72. The summed E-state index contributed by atoms with van der Waals surface area (Å²) < 4.78 is 38.2. The van der Waals surface area contributed by atoms with E-state index in [1.807, 2.05) is 0 Å². The first-order valence-electron chi connectivity index (χ1n) is 8.44. The molecule has 3 aromatic rings. The van der Waals surface area contributed by atoms with E-state index in [0.29, 0.717) is 20.5 Å². The number of halogens is 2. The van der Waals surface area contributed by atoms with Gasteiger partial charge in [0, 0.05) is 6.08 Å². The number of furan rings is 1. The van der Waals surface area contributed by atoms with Crippen LogP contribution in [-0.2, 0) is 14.8 Å². The summed E-state index contributed by atoms with van der Waals surface area (Å²) in [7, 11) is -2.82. The number of hydrogen-bond acceptors (Lipinski definition) is 6. The van der Waals surface area contributed by atoms with Crippen molar-refractivity contribution in [1.29, 1.82) is 0 Å². The molecular weight excluding hydrogens is 496 g/mol. The van der Waals surface area contributed by atoms with E-state index >= 15 is 0 Å². The number of hydrogen-bond donors (Lipinski definition) is 1. The molecule has 0 aliphatic heterocycles. The van der Waals surface area contributed by atoms with Gasteiger partial charge >= 0.3 is 0 Å².